The van der Waals surface area contributed by atoms with Gasteiger partial charge in [-0.15, -0.1) is 0 Å². The third-order valence-corrected chi connectivity index (χ3v) is 7.59. The van der Waals surface area contributed by atoms with Gasteiger partial charge in [0.15, 0.2) is 6.29 Å². The molecule has 3 aromatic carbocycles. The van der Waals surface area contributed by atoms with Crippen LogP contribution in [0.4, 0.5) is 4.79 Å². The van der Waals surface area contributed by atoms with E-state index < -0.39 is 12.4 Å². The number of aliphatic hydroxyl groups excluding tert-OH is 2. The molecule has 3 N–H and O–H groups in total. The minimum atomic E-state index is -0.547. The van der Waals surface area contributed by atoms with Gasteiger partial charge in [0, 0.05) is 38.2 Å². The van der Waals surface area contributed by atoms with Crippen LogP contribution in [0.25, 0.3) is 11.1 Å². The Morgan fingerprint density at radius 3 is 2.51 bits per heavy atom. The molecule has 5 rings (SSSR count). The Hall–Kier alpha value is -3.53. The number of amides is 1. The Bertz CT molecular complexity index is 1300. The first-order valence-corrected chi connectivity index (χ1v) is 14.1. The molecule has 0 unspecified atom stereocenters. The van der Waals surface area contributed by atoms with Crippen LogP contribution in [-0.4, -0.2) is 59.7 Å². The molecule has 8 heteroatoms. The molecule has 41 heavy (non-hydrogen) atoms. The highest BCUT2D eigenvalue weighted by atomic mass is 16.7. The van der Waals surface area contributed by atoms with Crippen molar-refractivity contribution in [3.63, 3.8) is 0 Å². The fourth-order valence-corrected chi connectivity index (χ4v) is 5.43. The van der Waals surface area contributed by atoms with Crippen molar-refractivity contribution in [2.75, 3.05) is 26.2 Å². The zero-order chi connectivity index (χ0) is 28.6. The molecule has 0 aromatic heterocycles. The van der Waals surface area contributed by atoms with Crippen molar-refractivity contribution < 1.29 is 29.2 Å². The zero-order valence-corrected chi connectivity index (χ0v) is 23.2. The molecule has 0 saturated carbocycles. The van der Waals surface area contributed by atoms with E-state index in [2.05, 4.69) is 16.8 Å². The summed E-state index contributed by atoms with van der Waals surface area (Å²) in [5, 5.41) is 22.3. The molecular weight excluding hydrogens is 520 g/mol. The van der Waals surface area contributed by atoms with Crippen LogP contribution in [0.15, 0.2) is 85.5 Å². The van der Waals surface area contributed by atoms with Crippen LogP contribution in [0.3, 0.4) is 0 Å². The third kappa shape index (κ3) is 7.61. The number of aliphatic hydroxyl groups is 2. The highest BCUT2D eigenvalue weighted by Crippen LogP contribution is 2.39. The molecule has 0 spiro atoms. The van der Waals surface area contributed by atoms with Crippen LogP contribution in [0, 0.1) is 0 Å². The number of ether oxygens (including phenoxy) is 3. The summed E-state index contributed by atoms with van der Waals surface area (Å²) in [6, 6.07) is 23.9. The van der Waals surface area contributed by atoms with Crippen molar-refractivity contribution in [2.45, 2.75) is 50.6 Å². The van der Waals surface area contributed by atoms with Crippen molar-refractivity contribution in [1.29, 1.82) is 0 Å². The third-order valence-electron chi connectivity index (χ3n) is 7.59. The molecule has 2 saturated heterocycles. The van der Waals surface area contributed by atoms with Crippen LogP contribution >= 0.6 is 0 Å². The van der Waals surface area contributed by atoms with Gasteiger partial charge in [-0.1, -0.05) is 85.5 Å². The van der Waals surface area contributed by atoms with E-state index in [-0.39, 0.29) is 31.5 Å². The van der Waals surface area contributed by atoms with E-state index in [0.717, 1.165) is 52.9 Å². The lowest BCUT2D eigenvalue weighted by molar-refractivity contribution is -0.252. The molecule has 2 fully saturated rings. The number of alkyl carbamates (subject to hydrolysis) is 1. The van der Waals surface area contributed by atoms with E-state index in [1.165, 1.54) is 6.08 Å². The second kappa shape index (κ2) is 13.9. The molecule has 2 aliphatic rings. The first kappa shape index (κ1) is 29.0. The predicted molar refractivity (Wildman–Crippen MR) is 156 cm³/mol. The van der Waals surface area contributed by atoms with Gasteiger partial charge in [0.2, 0.25) is 0 Å². The van der Waals surface area contributed by atoms with Gasteiger partial charge < -0.3 is 29.7 Å². The average molecular weight is 559 g/mol. The number of carbonyl (C=O) groups is 1. The summed E-state index contributed by atoms with van der Waals surface area (Å²) in [7, 11) is 0. The van der Waals surface area contributed by atoms with Crippen molar-refractivity contribution in [3.05, 3.63) is 108 Å². The number of hydrogen-bond donors (Lipinski definition) is 3. The Balaban J connectivity index is 1.32. The molecule has 2 heterocycles. The number of hydrogen-bond acceptors (Lipinski definition) is 7. The van der Waals surface area contributed by atoms with Gasteiger partial charge in [0.25, 0.3) is 0 Å². The summed E-state index contributed by atoms with van der Waals surface area (Å²) in [5.74, 6) is 0. The molecule has 216 valence electrons. The standard InChI is InChI=1S/C33H38N2O6/c1-2-17-39-33(38)34-19-27-5-3-4-6-30(27)24-11-13-26(14-12-24)32-40-29(21-35-16-15-28(37)20-35)18-31(41-32)25-9-7-23(22-36)8-10-25/h2-14,28-29,31-32,36-37H,1,15-22H2,(H,34,38)/t28-,29-,31+,32+/m0/s1. The number of likely N-dealkylation sites (tertiary alicyclic amines) is 1. The fourth-order valence-electron chi connectivity index (χ4n) is 5.43. The molecule has 0 aliphatic carbocycles. The largest absolute Gasteiger partial charge is 0.445 e. The summed E-state index contributed by atoms with van der Waals surface area (Å²) in [6.07, 6.45) is 1.48. The predicted octanol–water partition coefficient (Wildman–Crippen LogP) is 4.87. The molecule has 8 nitrogen and oxygen atoms in total. The number of carbonyl (C=O) groups excluding carboxylic acids is 1. The molecule has 2 aliphatic heterocycles. The second-order valence-corrected chi connectivity index (χ2v) is 10.6. The molecular formula is C33H38N2O6. The van der Waals surface area contributed by atoms with Gasteiger partial charge in [0.1, 0.15) is 6.61 Å². The van der Waals surface area contributed by atoms with Gasteiger partial charge in [-0.05, 0) is 34.2 Å². The van der Waals surface area contributed by atoms with Crippen LogP contribution in [0.1, 0.15) is 47.5 Å². The SMILES string of the molecule is C=CCOC(=O)NCc1ccccc1-c1ccc([C@@H]2O[C@H](CN3CC[C@H](O)C3)C[C@H](c3ccc(CO)cc3)O2)cc1. The summed E-state index contributed by atoms with van der Waals surface area (Å²) < 4.78 is 18.0. The molecule has 3 aromatic rings. The molecule has 4 atom stereocenters. The van der Waals surface area contributed by atoms with Gasteiger partial charge >= 0.3 is 6.09 Å². The van der Waals surface area contributed by atoms with Crippen molar-refractivity contribution in [1.82, 2.24) is 10.2 Å². The van der Waals surface area contributed by atoms with Gasteiger partial charge in [-0.25, -0.2) is 4.79 Å². The van der Waals surface area contributed by atoms with Crippen LogP contribution in [-0.2, 0) is 27.4 Å². The van der Waals surface area contributed by atoms with Crippen LogP contribution in [0.5, 0.6) is 0 Å². The first-order valence-electron chi connectivity index (χ1n) is 14.1. The van der Waals surface area contributed by atoms with Gasteiger partial charge in [-0.2, -0.15) is 0 Å². The number of rotatable bonds is 10. The number of β-amino-alcohol motifs (C(OH)–C–C–N with tert-alkyl or cyclic N) is 1. The molecule has 0 radical (unpaired) electrons. The lowest BCUT2D eigenvalue weighted by Crippen LogP contribution is -2.38. The maximum Gasteiger partial charge on any atom is 0.407 e. The van der Waals surface area contributed by atoms with E-state index in [4.69, 9.17) is 14.2 Å². The second-order valence-electron chi connectivity index (χ2n) is 10.6. The van der Waals surface area contributed by atoms with E-state index in [9.17, 15) is 15.0 Å². The quantitative estimate of drug-likeness (QED) is 0.305. The van der Waals surface area contributed by atoms with E-state index in [0.29, 0.717) is 19.5 Å². The van der Waals surface area contributed by atoms with E-state index in [1.807, 2.05) is 72.8 Å². The Labute approximate surface area is 241 Å². The lowest BCUT2D eigenvalue weighted by Gasteiger charge is -2.38. The maximum atomic E-state index is 11.9. The summed E-state index contributed by atoms with van der Waals surface area (Å²) in [6.45, 7) is 6.32. The summed E-state index contributed by atoms with van der Waals surface area (Å²) in [5.41, 5.74) is 5.83. The van der Waals surface area contributed by atoms with Crippen LogP contribution < -0.4 is 5.32 Å². The zero-order valence-electron chi connectivity index (χ0n) is 23.2. The average Bonchev–Trinajstić information content (AvgIpc) is 3.43. The Kier molecular flexibility index (Phi) is 9.82. The maximum absolute atomic E-state index is 11.9. The highest BCUT2D eigenvalue weighted by Gasteiger charge is 2.34. The minimum absolute atomic E-state index is 0.00237. The normalized spacial score (nSPS) is 22.8. The fraction of sp³-hybridized carbons (Fsp3) is 0.364. The molecule has 1 amide bonds. The van der Waals surface area contributed by atoms with E-state index >= 15 is 0 Å². The number of nitrogens with one attached hydrogen (secondary N) is 1. The van der Waals surface area contributed by atoms with Gasteiger partial charge in [0.05, 0.1) is 24.9 Å². The first-order chi connectivity index (χ1) is 20.0. The topological polar surface area (TPSA) is 100 Å². The number of benzene rings is 3. The van der Waals surface area contributed by atoms with Crippen LogP contribution in [0.2, 0.25) is 0 Å². The smallest absolute Gasteiger partial charge is 0.407 e. The van der Waals surface area contributed by atoms with E-state index in [1.54, 1.807) is 0 Å². The lowest BCUT2D eigenvalue weighted by atomic mass is 9.97. The minimum Gasteiger partial charge on any atom is -0.445 e. The summed E-state index contributed by atoms with van der Waals surface area (Å²) in [4.78, 5) is 14.2. The Morgan fingerprint density at radius 2 is 1.80 bits per heavy atom. The number of nitrogens with zero attached hydrogens (tertiary/aromatic N) is 1. The van der Waals surface area contributed by atoms with Crippen molar-refractivity contribution >= 4 is 6.09 Å². The monoisotopic (exact) mass is 558 g/mol. The molecule has 0 bridgehead atoms. The van der Waals surface area contributed by atoms with Crippen molar-refractivity contribution in [2.24, 2.45) is 0 Å². The van der Waals surface area contributed by atoms with Gasteiger partial charge in [-0.3, -0.25) is 4.90 Å². The van der Waals surface area contributed by atoms with Crippen molar-refractivity contribution in [3.8, 4) is 11.1 Å². The summed E-state index contributed by atoms with van der Waals surface area (Å²) >= 11 is 0. The Morgan fingerprint density at radius 1 is 1.05 bits per heavy atom. The highest BCUT2D eigenvalue weighted by molar-refractivity contribution is 5.70.